The van der Waals surface area contributed by atoms with Crippen molar-refractivity contribution >= 4 is 17.6 Å². The zero-order chi connectivity index (χ0) is 13.0. The van der Waals surface area contributed by atoms with E-state index < -0.39 is 11.8 Å². The number of rotatable bonds is 3. The molecular formula is C13H9ClFNO2. The molecule has 1 aromatic heterocycles. The third-order valence-electron chi connectivity index (χ3n) is 2.31. The first-order valence-electron chi connectivity index (χ1n) is 5.18. The average Bonchev–Trinajstić information content (AvgIpc) is 2.38. The summed E-state index contributed by atoms with van der Waals surface area (Å²) in [5.74, 6) is -1.45. The van der Waals surface area contributed by atoms with Crippen LogP contribution in [0.5, 0.6) is 0 Å². The van der Waals surface area contributed by atoms with Gasteiger partial charge in [0.05, 0.1) is 11.8 Å². The van der Waals surface area contributed by atoms with Crippen LogP contribution in [0.3, 0.4) is 0 Å². The molecule has 92 valence electrons. The Labute approximate surface area is 108 Å². The number of carbonyl (C=O) groups excluding carboxylic acids is 1. The van der Waals surface area contributed by atoms with Crippen molar-refractivity contribution in [3.8, 4) is 0 Å². The molecule has 0 fully saturated rings. The predicted molar refractivity (Wildman–Crippen MR) is 64.8 cm³/mol. The van der Waals surface area contributed by atoms with Gasteiger partial charge < -0.3 is 4.74 Å². The number of benzene rings is 1. The topological polar surface area (TPSA) is 39.2 Å². The fourth-order valence-electron chi connectivity index (χ4n) is 1.38. The highest BCUT2D eigenvalue weighted by Gasteiger charge is 2.13. The molecule has 1 heterocycles. The van der Waals surface area contributed by atoms with E-state index in [2.05, 4.69) is 4.98 Å². The van der Waals surface area contributed by atoms with Crippen molar-refractivity contribution in [2.24, 2.45) is 0 Å². The van der Waals surface area contributed by atoms with Crippen LogP contribution in [0.2, 0.25) is 5.02 Å². The number of nitrogens with zero attached hydrogens (tertiary/aromatic N) is 1. The van der Waals surface area contributed by atoms with Gasteiger partial charge in [0.1, 0.15) is 6.61 Å². The Hall–Kier alpha value is -1.94. The second kappa shape index (κ2) is 5.60. The maximum absolute atomic E-state index is 13.3. The fraction of sp³-hybridized carbons (Fsp3) is 0.0769. The van der Waals surface area contributed by atoms with Gasteiger partial charge in [0.25, 0.3) is 0 Å². The number of carbonyl (C=O) groups is 1. The summed E-state index contributed by atoms with van der Waals surface area (Å²) in [5, 5.41) is 0.500. The summed E-state index contributed by atoms with van der Waals surface area (Å²) in [6, 6.07) is 8.25. The van der Waals surface area contributed by atoms with Gasteiger partial charge in [-0.25, -0.2) is 9.18 Å². The van der Waals surface area contributed by atoms with Gasteiger partial charge in [-0.05, 0) is 12.1 Å². The Balaban J connectivity index is 2.06. The minimum atomic E-state index is -0.741. The van der Waals surface area contributed by atoms with E-state index in [1.54, 1.807) is 24.3 Å². The van der Waals surface area contributed by atoms with Gasteiger partial charge in [-0.2, -0.15) is 0 Å². The Bertz CT molecular complexity index is 574. The molecule has 5 heteroatoms. The van der Waals surface area contributed by atoms with E-state index in [4.69, 9.17) is 16.3 Å². The van der Waals surface area contributed by atoms with Crippen LogP contribution in [-0.4, -0.2) is 11.0 Å². The first-order chi connectivity index (χ1) is 8.68. The second-order valence-corrected chi connectivity index (χ2v) is 3.93. The third kappa shape index (κ3) is 2.84. The number of ether oxygens (including phenoxy) is 1. The maximum Gasteiger partial charge on any atom is 0.341 e. The van der Waals surface area contributed by atoms with Crippen molar-refractivity contribution in [2.45, 2.75) is 6.61 Å². The molecule has 0 unspecified atom stereocenters. The quantitative estimate of drug-likeness (QED) is 0.800. The van der Waals surface area contributed by atoms with Crippen molar-refractivity contribution < 1.29 is 13.9 Å². The number of esters is 1. The van der Waals surface area contributed by atoms with Gasteiger partial charge in [-0.3, -0.25) is 4.98 Å². The second-order valence-electron chi connectivity index (χ2n) is 3.52. The summed E-state index contributed by atoms with van der Waals surface area (Å²) in [4.78, 5) is 15.2. The number of halogens is 2. The number of aromatic nitrogens is 1. The van der Waals surface area contributed by atoms with Crippen molar-refractivity contribution in [1.29, 1.82) is 0 Å². The Morgan fingerprint density at radius 2 is 2.11 bits per heavy atom. The molecule has 0 saturated carbocycles. The monoisotopic (exact) mass is 265 g/mol. The Morgan fingerprint density at radius 1 is 1.33 bits per heavy atom. The van der Waals surface area contributed by atoms with E-state index in [-0.39, 0.29) is 12.2 Å². The largest absolute Gasteiger partial charge is 0.457 e. The van der Waals surface area contributed by atoms with E-state index >= 15 is 0 Å². The van der Waals surface area contributed by atoms with Crippen LogP contribution < -0.4 is 0 Å². The molecule has 0 aliphatic heterocycles. The standard InChI is InChI=1S/C13H9ClFNO2/c14-11-4-2-1-3-9(11)8-18-13(17)10-5-6-16-7-12(10)15/h1-7H,8H2. The minimum Gasteiger partial charge on any atom is -0.457 e. The first-order valence-corrected chi connectivity index (χ1v) is 5.56. The maximum atomic E-state index is 13.3. The van der Waals surface area contributed by atoms with Gasteiger partial charge in [-0.1, -0.05) is 29.8 Å². The summed E-state index contributed by atoms with van der Waals surface area (Å²) in [6.07, 6.45) is 2.29. The van der Waals surface area contributed by atoms with E-state index in [0.717, 1.165) is 6.20 Å². The molecule has 0 aliphatic rings. The van der Waals surface area contributed by atoms with Gasteiger partial charge in [0.2, 0.25) is 0 Å². The molecule has 0 bridgehead atoms. The smallest absolute Gasteiger partial charge is 0.341 e. The molecule has 2 aromatic rings. The summed E-state index contributed by atoms with van der Waals surface area (Å²) in [5.41, 5.74) is 0.527. The molecule has 18 heavy (non-hydrogen) atoms. The van der Waals surface area contributed by atoms with Crippen LogP contribution in [0.15, 0.2) is 42.7 Å². The number of hydrogen-bond donors (Lipinski definition) is 0. The third-order valence-corrected chi connectivity index (χ3v) is 2.68. The van der Waals surface area contributed by atoms with Gasteiger partial charge in [-0.15, -0.1) is 0 Å². The molecule has 0 saturated heterocycles. The zero-order valence-electron chi connectivity index (χ0n) is 9.27. The lowest BCUT2D eigenvalue weighted by Gasteiger charge is -2.06. The Kier molecular flexibility index (Phi) is 3.89. The molecule has 3 nitrogen and oxygen atoms in total. The summed E-state index contributed by atoms with van der Waals surface area (Å²) in [7, 11) is 0. The highest BCUT2D eigenvalue weighted by Crippen LogP contribution is 2.16. The molecule has 0 N–H and O–H groups in total. The molecule has 0 radical (unpaired) electrons. The first kappa shape index (κ1) is 12.5. The highest BCUT2D eigenvalue weighted by molar-refractivity contribution is 6.31. The lowest BCUT2D eigenvalue weighted by atomic mass is 10.2. The van der Waals surface area contributed by atoms with Crippen molar-refractivity contribution in [2.75, 3.05) is 0 Å². The predicted octanol–water partition coefficient (Wildman–Crippen LogP) is 3.23. The van der Waals surface area contributed by atoms with Crippen LogP contribution in [0.25, 0.3) is 0 Å². The average molecular weight is 266 g/mol. The van der Waals surface area contributed by atoms with Gasteiger partial charge in [0.15, 0.2) is 5.82 Å². The summed E-state index contributed by atoms with van der Waals surface area (Å²) < 4.78 is 18.2. The zero-order valence-corrected chi connectivity index (χ0v) is 10.0. The van der Waals surface area contributed by atoms with Crippen LogP contribution in [0, 0.1) is 5.82 Å². The van der Waals surface area contributed by atoms with Gasteiger partial charge in [0, 0.05) is 16.8 Å². The number of hydrogen-bond acceptors (Lipinski definition) is 3. The Morgan fingerprint density at radius 3 is 2.83 bits per heavy atom. The molecule has 2 rings (SSSR count). The molecule has 0 spiro atoms. The van der Waals surface area contributed by atoms with Crippen molar-refractivity contribution in [3.63, 3.8) is 0 Å². The van der Waals surface area contributed by atoms with Crippen LogP contribution >= 0.6 is 11.6 Å². The highest BCUT2D eigenvalue weighted by atomic mass is 35.5. The molecular weight excluding hydrogens is 257 g/mol. The normalized spacial score (nSPS) is 10.1. The SMILES string of the molecule is O=C(OCc1ccccc1Cl)c1ccncc1F. The van der Waals surface area contributed by atoms with Crippen LogP contribution in [0.4, 0.5) is 4.39 Å². The van der Waals surface area contributed by atoms with Gasteiger partial charge >= 0.3 is 5.97 Å². The van der Waals surface area contributed by atoms with E-state index in [0.29, 0.717) is 10.6 Å². The van der Waals surface area contributed by atoms with Crippen LogP contribution in [-0.2, 0) is 11.3 Å². The fourth-order valence-corrected chi connectivity index (χ4v) is 1.57. The molecule has 1 aromatic carbocycles. The lowest BCUT2D eigenvalue weighted by Crippen LogP contribution is -2.08. The molecule has 0 aliphatic carbocycles. The summed E-state index contributed by atoms with van der Waals surface area (Å²) in [6.45, 7) is 0.000267. The minimum absolute atomic E-state index is 0.000267. The molecule has 0 amide bonds. The van der Waals surface area contributed by atoms with E-state index in [1.165, 1.54) is 12.3 Å². The number of pyridine rings is 1. The molecule has 0 atom stereocenters. The summed E-state index contributed by atoms with van der Waals surface area (Å²) >= 11 is 5.91. The van der Waals surface area contributed by atoms with E-state index in [9.17, 15) is 9.18 Å². The van der Waals surface area contributed by atoms with Crippen molar-refractivity contribution in [1.82, 2.24) is 4.98 Å². The van der Waals surface area contributed by atoms with Crippen LogP contribution in [0.1, 0.15) is 15.9 Å². The van der Waals surface area contributed by atoms with E-state index in [1.807, 2.05) is 0 Å². The lowest BCUT2D eigenvalue weighted by molar-refractivity contribution is 0.0467. The van der Waals surface area contributed by atoms with Crippen molar-refractivity contribution in [3.05, 3.63) is 64.7 Å².